The lowest BCUT2D eigenvalue weighted by atomic mass is 10.1. The molecular formula is C20H19NO3S. The molecule has 4 nitrogen and oxygen atoms in total. The standard InChI is InChI=1S/C20H19NO3S/c1-23-19-10-9-15(20(22)21-13-17-6-5-11-24-17)12-16(19)14-25-18-7-3-2-4-8-18/h2-12H,13-14H2,1H3,(H,21,22). The van der Waals surface area contributed by atoms with Gasteiger partial charge in [0, 0.05) is 21.8 Å². The van der Waals surface area contributed by atoms with E-state index < -0.39 is 0 Å². The van der Waals surface area contributed by atoms with E-state index in [9.17, 15) is 4.79 Å². The summed E-state index contributed by atoms with van der Waals surface area (Å²) in [5.74, 6) is 2.10. The van der Waals surface area contributed by atoms with Gasteiger partial charge in [0.2, 0.25) is 0 Å². The van der Waals surface area contributed by atoms with Gasteiger partial charge >= 0.3 is 0 Å². The third kappa shape index (κ3) is 4.67. The molecular weight excluding hydrogens is 334 g/mol. The zero-order chi connectivity index (χ0) is 17.5. The summed E-state index contributed by atoms with van der Waals surface area (Å²) in [6.45, 7) is 0.367. The summed E-state index contributed by atoms with van der Waals surface area (Å²) in [7, 11) is 1.64. The monoisotopic (exact) mass is 353 g/mol. The van der Waals surface area contributed by atoms with Crippen LogP contribution in [0, 0.1) is 0 Å². The lowest BCUT2D eigenvalue weighted by molar-refractivity contribution is 0.0948. The molecule has 0 spiro atoms. The van der Waals surface area contributed by atoms with Crippen LogP contribution >= 0.6 is 11.8 Å². The Morgan fingerprint density at radius 2 is 1.96 bits per heavy atom. The summed E-state index contributed by atoms with van der Waals surface area (Å²) < 4.78 is 10.7. The van der Waals surface area contributed by atoms with E-state index in [2.05, 4.69) is 17.4 Å². The maximum absolute atomic E-state index is 12.4. The van der Waals surface area contributed by atoms with Crippen LogP contribution in [0.4, 0.5) is 0 Å². The maximum atomic E-state index is 12.4. The highest BCUT2D eigenvalue weighted by molar-refractivity contribution is 7.98. The second-order valence-corrected chi connectivity index (χ2v) is 6.44. The first-order valence-electron chi connectivity index (χ1n) is 7.91. The number of thioether (sulfide) groups is 1. The molecule has 0 fully saturated rings. The Morgan fingerprint density at radius 3 is 2.68 bits per heavy atom. The van der Waals surface area contributed by atoms with Crippen LogP contribution in [0.2, 0.25) is 0 Å². The van der Waals surface area contributed by atoms with Gasteiger partial charge in [-0.05, 0) is 42.5 Å². The smallest absolute Gasteiger partial charge is 0.251 e. The highest BCUT2D eigenvalue weighted by Crippen LogP contribution is 2.28. The SMILES string of the molecule is COc1ccc(C(=O)NCc2ccco2)cc1CSc1ccccc1. The number of hydrogen-bond donors (Lipinski definition) is 1. The van der Waals surface area contributed by atoms with E-state index >= 15 is 0 Å². The zero-order valence-electron chi connectivity index (χ0n) is 13.9. The van der Waals surface area contributed by atoms with Crippen LogP contribution in [0.25, 0.3) is 0 Å². The molecule has 1 N–H and O–H groups in total. The largest absolute Gasteiger partial charge is 0.496 e. The molecule has 25 heavy (non-hydrogen) atoms. The molecule has 0 aliphatic heterocycles. The highest BCUT2D eigenvalue weighted by Gasteiger charge is 2.11. The predicted octanol–water partition coefficient (Wildman–Crippen LogP) is 4.51. The average molecular weight is 353 g/mol. The van der Waals surface area contributed by atoms with Gasteiger partial charge in [0.05, 0.1) is 19.9 Å². The summed E-state index contributed by atoms with van der Waals surface area (Å²) in [5, 5.41) is 2.86. The minimum Gasteiger partial charge on any atom is -0.496 e. The topological polar surface area (TPSA) is 51.5 Å². The van der Waals surface area contributed by atoms with Gasteiger partial charge in [0.25, 0.3) is 5.91 Å². The van der Waals surface area contributed by atoms with Crippen LogP contribution in [-0.2, 0) is 12.3 Å². The van der Waals surface area contributed by atoms with Crippen molar-refractivity contribution >= 4 is 17.7 Å². The molecule has 0 aliphatic carbocycles. The zero-order valence-corrected chi connectivity index (χ0v) is 14.7. The molecule has 5 heteroatoms. The number of ether oxygens (including phenoxy) is 1. The van der Waals surface area contributed by atoms with E-state index in [-0.39, 0.29) is 5.91 Å². The first-order chi connectivity index (χ1) is 12.3. The quantitative estimate of drug-likeness (QED) is 0.635. The van der Waals surface area contributed by atoms with Crippen molar-refractivity contribution in [1.82, 2.24) is 5.32 Å². The number of carbonyl (C=O) groups excluding carboxylic acids is 1. The minimum atomic E-state index is -0.134. The van der Waals surface area contributed by atoms with Gasteiger partial charge < -0.3 is 14.5 Å². The Bertz CT molecular complexity index is 816. The minimum absolute atomic E-state index is 0.134. The number of benzene rings is 2. The Balaban J connectivity index is 1.69. The number of nitrogens with one attached hydrogen (secondary N) is 1. The number of amides is 1. The van der Waals surface area contributed by atoms with E-state index in [1.807, 2.05) is 36.4 Å². The fourth-order valence-corrected chi connectivity index (χ4v) is 3.29. The Morgan fingerprint density at radius 1 is 1.12 bits per heavy atom. The fourth-order valence-electron chi connectivity index (χ4n) is 2.39. The molecule has 0 saturated heterocycles. The van der Waals surface area contributed by atoms with Gasteiger partial charge in [-0.3, -0.25) is 4.79 Å². The Hall–Kier alpha value is -2.66. The van der Waals surface area contributed by atoms with Crippen molar-refractivity contribution in [1.29, 1.82) is 0 Å². The highest BCUT2D eigenvalue weighted by atomic mass is 32.2. The molecule has 3 rings (SSSR count). The summed E-state index contributed by atoms with van der Waals surface area (Å²) in [6.07, 6.45) is 1.59. The molecule has 3 aromatic rings. The van der Waals surface area contributed by atoms with Gasteiger partial charge in [-0.1, -0.05) is 18.2 Å². The molecule has 0 radical (unpaired) electrons. The molecule has 0 saturated carbocycles. The van der Waals surface area contributed by atoms with Crippen molar-refractivity contribution in [3.63, 3.8) is 0 Å². The molecule has 2 aromatic carbocycles. The first kappa shape index (κ1) is 17.2. The van der Waals surface area contributed by atoms with Crippen molar-refractivity contribution in [3.8, 4) is 5.75 Å². The molecule has 1 aromatic heterocycles. The summed E-state index contributed by atoms with van der Waals surface area (Å²) in [5.41, 5.74) is 1.60. The van der Waals surface area contributed by atoms with E-state index in [1.165, 1.54) is 4.90 Å². The predicted molar refractivity (Wildman–Crippen MR) is 98.9 cm³/mol. The van der Waals surface area contributed by atoms with Crippen LogP contribution < -0.4 is 10.1 Å². The number of hydrogen-bond acceptors (Lipinski definition) is 4. The molecule has 0 aliphatic rings. The van der Waals surface area contributed by atoms with Crippen molar-refractivity contribution < 1.29 is 13.9 Å². The Kier molecular flexibility index (Phi) is 5.80. The van der Waals surface area contributed by atoms with E-state index in [0.717, 1.165) is 22.8 Å². The lowest BCUT2D eigenvalue weighted by Gasteiger charge is -2.11. The van der Waals surface area contributed by atoms with Crippen LogP contribution in [0.15, 0.2) is 76.2 Å². The fraction of sp³-hybridized carbons (Fsp3) is 0.150. The van der Waals surface area contributed by atoms with Crippen LogP contribution in [0.1, 0.15) is 21.7 Å². The number of methoxy groups -OCH3 is 1. The van der Waals surface area contributed by atoms with Crippen molar-refractivity contribution in [2.75, 3.05) is 7.11 Å². The normalized spacial score (nSPS) is 10.4. The van der Waals surface area contributed by atoms with Crippen molar-refractivity contribution in [3.05, 3.63) is 83.8 Å². The van der Waals surface area contributed by atoms with Gasteiger partial charge in [-0.15, -0.1) is 11.8 Å². The van der Waals surface area contributed by atoms with Crippen LogP contribution in [0.5, 0.6) is 5.75 Å². The maximum Gasteiger partial charge on any atom is 0.251 e. The second kappa shape index (κ2) is 8.44. The molecule has 0 unspecified atom stereocenters. The third-order valence-electron chi connectivity index (χ3n) is 3.68. The molecule has 1 heterocycles. The van der Waals surface area contributed by atoms with E-state index in [4.69, 9.17) is 9.15 Å². The Labute approximate surface area is 151 Å². The summed E-state index contributed by atoms with van der Waals surface area (Å²) in [4.78, 5) is 13.5. The average Bonchev–Trinajstić information content (AvgIpc) is 3.18. The van der Waals surface area contributed by atoms with Gasteiger partial charge in [-0.2, -0.15) is 0 Å². The number of rotatable bonds is 7. The second-order valence-electron chi connectivity index (χ2n) is 5.39. The molecule has 0 atom stereocenters. The molecule has 0 bridgehead atoms. The van der Waals surface area contributed by atoms with Gasteiger partial charge in [0.1, 0.15) is 11.5 Å². The van der Waals surface area contributed by atoms with Crippen molar-refractivity contribution in [2.45, 2.75) is 17.2 Å². The first-order valence-corrected chi connectivity index (χ1v) is 8.90. The third-order valence-corrected chi connectivity index (χ3v) is 4.74. The van der Waals surface area contributed by atoms with Gasteiger partial charge in [-0.25, -0.2) is 0 Å². The number of carbonyl (C=O) groups is 1. The summed E-state index contributed by atoms with van der Waals surface area (Å²) >= 11 is 1.71. The molecule has 1 amide bonds. The van der Waals surface area contributed by atoms with Gasteiger partial charge in [0.15, 0.2) is 0 Å². The molecule has 128 valence electrons. The van der Waals surface area contributed by atoms with Crippen LogP contribution in [0.3, 0.4) is 0 Å². The van der Waals surface area contributed by atoms with E-state index in [1.54, 1.807) is 37.3 Å². The number of furan rings is 1. The van der Waals surface area contributed by atoms with E-state index in [0.29, 0.717) is 12.1 Å². The van der Waals surface area contributed by atoms with Crippen molar-refractivity contribution in [2.24, 2.45) is 0 Å². The lowest BCUT2D eigenvalue weighted by Crippen LogP contribution is -2.22. The van der Waals surface area contributed by atoms with Crippen LogP contribution in [-0.4, -0.2) is 13.0 Å². The summed E-state index contributed by atoms with van der Waals surface area (Å²) in [6, 6.07) is 19.3.